The van der Waals surface area contributed by atoms with Gasteiger partial charge in [0.1, 0.15) is 17.3 Å². The topological polar surface area (TPSA) is 77.8 Å². The number of anilines is 1. The Bertz CT molecular complexity index is 1220. The summed E-state index contributed by atoms with van der Waals surface area (Å²) in [4.78, 5) is 27.2. The lowest BCUT2D eigenvalue weighted by atomic mass is 9.95. The minimum atomic E-state index is -1.01. The van der Waals surface area contributed by atoms with E-state index in [4.69, 9.17) is 23.2 Å². The number of halogens is 3. The van der Waals surface area contributed by atoms with E-state index in [2.05, 4.69) is 0 Å². The molecule has 1 aliphatic rings. The fourth-order valence-corrected chi connectivity index (χ4v) is 3.76. The number of amides is 1. The second-order valence-electron chi connectivity index (χ2n) is 6.87. The molecule has 1 heterocycles. The number of hydrogen-bond acceptors (Lipinski definition) is 4. The fraction of sp³-hybridized carbons (Fsp3) is 0.0435. The molecule has 1 amide bonds. The van der Waals surface area contributed by atoms with E-state index >= 15 is 0 Å². The predicted octanol–water partition coefficient (Wildman–Crippen LogP) is 5.46. The lowest BCUT2D eigenvalue weighted by Crippen LogP contribution is -2.29. The van der Waals surface area contributed by atoms with Crippen molar-refractivity contribution in [3.8, 4) is 5.75 Å². The van der Waals surface area contributed by atoms with Crippen LogP contribution in [0, 0.1) is 5.82 Å². The van der Waals surface area contributed by atoms with E-state index in [0.717, 1.165) is 12.1 Å². The number of rotatable bonds is 3. The van der Waals surface area contributed by atoms with Gasteiger partial charge >= 0.3 is 0 Å². The van der Waals surface area contributed by atoms with Crippen LogP contribution in [-0.2, 0) is 9.59 Å². The van der Waals surface area contributed by atoms with Crippen LogP contribution in [0.25, 0.3) is 5.76 Å². The molecule has 1 aliphatic heterocycles. The van der Waals surface area contributed by atoms with Gasteiger partial charge in [-0.2, -0.15) is 0 Å². The molecule has 3 aromatic rings. The number of carbonyl (C=O) groups excluding carboxylic acids is 2. The maximum atomic E-state index is 13.3. The Hall–Kier alpha value is -3.35. The van der Waals surface area contributed by atoms with Crippen LogP contribution >= 0.6 is 23.2 Å². The molecule has 1 atom stereocenters. The fourth-order valence-electron chi connectivity index (χ4n) is 3.47. The Morgan fingerprint density at radius 2 is 1.55 bits per heavy atom. The molecule has 3 aromatic carbocycles. The monoisotopic (exact) mass is 457 g/mol. The second kappa shape index (κ2) is 8.06. The SMILES string of the molecule is O=C1C(=O)N(c2ccc(Cl)c(Cl)c2)C(c2ccc(O)cc2)/C1=C(\O)c1ccc(F)cc1. The zero-order chi connectivity index (χ0) is 22.3. The Kier molecular flexibility index (Phi) is 5.43. The molecular formula is C23H14Cl2FNO4. The van der Waals surface area contributed by atoms with Crippen molar-refractivity contribution in [2.75, 3.05) is 4.90 Å². The van der Waals surface area contributed by atoms with E-state index in [0.29, 0.717) is 11.3 Å². The molecule has 8 heteroatoms. The summed E-state index contributed by atoms with van der Waals surface area (Å²) in [5, 5.41) is 21.0. The molecule has 1 unspecified atom stereocenters. The van der Waals surface area contributed by atoms with E-state index in [1.54, 1.807) is 0 Å². The lowest BCUT2D eigenvalue weighted by Gasteiger charge is -2.25. The second-order valence-corrected chi connectivity index (χ2v) is 7.68. The van der Waals surface area contributed by atoms with Crippen LogP contribution < -0.4 is 4.90 Å². The number of benzene rings is 3. The number of phenolic OH excluding ortho intramolecular Hbond substituents is 1. The van der Waals surface area contributed by atoms with Crippen LogP contribution in [0.1, 0.15) is 17.2 Å². The summed E-state index contributed by atoms with van der Waals surface area (Å²) in [6.07, 6.45) is 0. The zero-order valence-corrected chi connectivity index (χ0v) is 17.2. The number of ketones is 1. The van der Waals surface area contributed by atoms with Crippen LogP contribution in [0.4, 0.5) is 10.1 Å². The van der Waals surface area contributed by atoms with Gasteiger partial charge in [0.2, 0.25) is 0 Å². The lowest BCUT2D eigenvalue weighted by molar-refractivity contribution is -0.132. The number of nitrogens with zero attached hydrogens (tertiary/aromatic N) is 1. The van der Waals surface area contributed by atoms with Gasteiger partial charge in [0.15, 0.2) is 0 Å². The third-order valence-electron chi connectivity index (χ3n) is 4.95. The Morgan fingerprint density at radius 1 is 0.903 bits per heavy atom. The molecule has 0 aliphatic carbocycles. The van der Waals surface area contributed by atoms with E-state index in [1.807, 2.05) is 0 Å². The van der Waals surface area contributed by atoms with Crippen molar-refractivity contribution in [1.29, 1.82) is 0 Å². The van der Waals surface area contributed by atoms with Gasteiger partial charge < -0.3 is 10.2 Å². The molecule has 156 valence electrons. The first-order chi connectivity index (χ1) is 14.8. The standard InChI is InChI=1S/C23H14Cl2FNO4/c24-17-10-7-15(11-18(17)25)27-20(12-3-8-16(28)9-4-12)19(22(30)23(27)31)21(29)13-1-5-14(26)6-2-13/h1-11,20,28-29H/b21-19+. The molecule has 5 nitrogen and oxygen atoms in total. The first-order valence-corrected chi connectivity index (χ1v) is 9.84. The number of Topliss-reactive ketones (excluding diaryl/α,β-unsaturated/α-hetero) is 1. The Morgan fingerprint density at radius 3 is 2.16 bits per heavy atom. The van der Waals surface area contributed by atoms with Crippen LogP contribution in [0.2, 0.25) is 10.0 Å². The first kappa shape index (κ1) is 20.9. The first-order valence-electron chi connectivity index (χ1n) is 9.09. The summed E-state index contributed by atoms with van der Waals surface area (Å²) in [7, 11) is 0. The van der Waals surface area contributed by atoms with Crippen molar-refractivity contribution in [2.24, 2.45) is 0 Å². The molecule has 0 aromatic heterocycles. The number of aliphatic hydroxyl groups excluding tert-OH is 1. The third kappa shape index (κ3) is 3.76. The molecule has 1 saturated heterocycles. The molecule has 0 bridgehead atoms. The van der Waals surface area contributed by atoms with Crippen molar-refractivity contribution in [3.05, 3.63) is 99.3 Å². The highest BCUT2D eigenvalue weighted by atomic mass is 35.5. The maximum absolute atomic E-state index is 13.3. The van der Waals surface area contributed by atoms with Crippen LogP contribution in [0.15, 0.2) is 72.3 Å². The van der Waals surface area contributed by atoms with Crippen molar-refractivity contribution in [2.45, 2.75) is 6.04 Å². The normalized spacial score (nSPS) is 17.9. The summed E-state index contributed by atoms with van der Waals surface area (Å²) in [5.74, 6) is -2.75. The van der Waals surface area contributed by atoms with Crippen LogP contribution in [-0.4, -0.2) is 21.9 Å². The number of aromatic hydroxyl groups is 1. The highest BCUT2D eigenvalue weighted by Gasteiger charge is 2.47. The molecular weight excluding hydrogens is 444 g/mol. The summed E-state index contributed by atoms with van der Waals surface area (Å²) in [6, 6.07) is 14.2. The van der Waals surface area contributed by atoms with E-state index < -0.39 is 29.3 Å². The minimum absolute atomic E-state index is 0.00577. The van der Waals surface area contributed by atoms with Crippen molar-refractivity contribution < 1.29 is 24.2 Å². The largest absolute Gasteiger partial charge is 0.508 e. The van der Waals surface area contributed by atoms with Gasteiger partial charge in [-0.1, -0.05) is 35.3 Å². The average molecular weight is 458 g/mol. The van der Waals surface area contributed by atoms with Gasteiger partial charge in [-0.05, 0) is 60.2 Å². The number of hydrogen-bond donors (Lipinski definition) is 2. The minimum Gasteiger partial charge on any atom is -0.508 e. The summed E-state index contributed by atoms with van der Waals surface area (Å²) >= 11 is 12.1. The van der Waals surface area contributed by atoms with Crippen molar-refractivity contribution in [1.82, 2.24) is 0 Å². The van der Waals surface area contributed by atoms with Crippen molar-refractivity contribution >= 4 is 46.3 Å². The van der Waals surface area contributed by atoms with Gasteiger partial charge in [0.25, 0.3) is 11.7 Å². The Balaban J connectivity index is 1.95. The smallest absolute Gasteiger partial charge is 0.300 e. The third-order valence-corrected chi connectivity index (χ3v) is 5.69. The van der Waals surface area contributed by atoms with Crippen molar-refractivity contribution in [3.63, 3.8) is 0 Å². The number of phenols is 1. The maximum Gasteiger partial charge on any atom is 0.300 e. The van der Waals surface area contributed by atoms with Gasteiger partial charge in [-0.25, -0.2) is 4.39 Å². The quantitative estimate of drug-likeness (QED) is 0.310. The molecule has 1 fully saturated rings. The molecule has 4 rings (SSSR count). The molecule has 0 saturated carbocycles. The van der Waals surface area contributed by atoms with Crippen LogP contribution in [0.3, 0.4) is 0 Å². The predicted molar refractivity (Wildman–Crippen MR) is 116 cm³/mol. The van der Waals surface area contributed by atoms with Gasteiger partial charge in [0.05, 0.1) is 21.7 Å². The van der Waals surface area contributed by atoms with Gasteiger partial charge in [-0.3, -0.25) is 14.5 Å². The molecule has 0 spiro atoms. The highest BCUT2D eigenvalue weighted by Crippen LogP contribution is 2.43. The Labute approximate surface area is 186 Å². The van der Waals surface area contributed by atoms with E-state index in [9.17, 15) is 24.2 Å². The van der Waals surface area contributed by atoms with Gasteiger partial charge in [-0.15, -0.1) is 0 Å². The van der Waals surface area contributed by atoms with Gasteiger partial charge in [0, 0.05) is 11.3 Å². The number of aliphatic hydroxyl groups is 1. The molecule has 0 radical (unpaired) electrons. The van der Waals surface area contributed by atoms with E-state index in [-0.39, 0.29) is 26.9 Å². The molecule has 2 N–H and O–H groups in total. The highest BCUT2D eigenvalue weighted by molar-refractivity contribution is 6.52. The summed E-state index contributed by atoms with van der Waals surface area (Å²) in [5.41, 5.74) is 0.769. The summed E-state index contributed by atoms with van der Waals surface area (Å²) < 4.78 is 13.3. The molecule has 31 heavy (non-hydrogen) atoms. The van der Waals surface area contributed by atoms with Crippen LogP contribution in [0.5, 0.6) is 5.75 Å². The summed E-state index contributed by atoms with van der Waals surface area (Å²) in [6.45, 7) is 0. The van der Waals surface area contributed by atoms with E-state index in [1.165, 1.54) is 59.5 Å². The number of carbonyl (C=O) groups is 2. The average Bonchev–Trinajstić information content (AvgIpc) is 3.01. The zero-order valence-electron chi connectivity index (χ0n) is 15.7.